The molecule has 1 aromatic rings. The van der Waals surface area contributed by atoms with Crippen LogP contribution in [0.1, 0.15) is 22.8 Å². The molecule has 1 aliphatic heterocycles. The number of nitroso groups, excluding NO2 is 1. The summed E-state index contributed by atoms with van der Waals surface area (Å²) in [4.78, 5) is 22.8. The van der Waals surface area contributed by atoms with Crippen molar-refractivity contribution in [3.8, 4) is 0 Å². The van der Waals surface area contributed by atoms with Gasteiger partial charge in [0.05, 0.1) is 4.91 Å². The third-order valence-electron chi connectivity index (χ3n) is 2.36. The Kier molecular flexibility index (Phi) is 1.77. The van der Waals surface area contributed by atoms with Crippen molar-refractivity contribution in [3.63, 3.8) is 0 Å². The second-order valence-corrected chi connectivity index (χ2v) is 3.68. The summed E-state index contributed by atoms with van der Waals surface area (Å²) in [7, 11) is 0. The van der Waals surface area contributed by atoms with Crippen molar-refractivity contribution in [3.05, 3.63) is 34.2 Å². The molecule has 1 unspecified atom stereocenters. The number of hydrogen-bond acceptors (Lipinski definition) is 4. The van der Waals surface area contributed by atoms with Gasteiger partial charge in [0.2, 0.25) is 4.87 Å². The number of fused-ring (bicyclic) bond motifs is 1. The molecule has 78 valence electrons. The molecule has 2 rings (SSSR count). The lowest BCUT2D eigenvalue weighted by atomic mass is 9.93. The Morgan fingerprint density at radius 2 is 2.13 bits per heavy atom. The quantitative estimate of drug-likeness (QED) is 0.405. The van der Waals surface area contributed by atoms with Crippen LogP contribution in [0.4, 0.5) is 5.69 Å². The second-order valence-electron chi connectivity index (χ2n) is 3.68. The van der Waals surface area contributed by atoms with Crippen molar-refractivity contribution in [2.75, 3.05) is 5.73 Å². The van der Waals surface area contributed by atoms with E-state index >= 15 is 0 Å². The molecule has 1 heterocycles. The zero-order chi connectivity index (χ0) is 11.2. The molecule has 6 nitrogen and oxygen atoms in total. The minimum absolute atomic E-state index is 0.127. The van der Waals surface area contributed by atoms with Gasteiger partial charge in [-0.05, 0) is 19.1 Å². The summed E-state index contributed by atoms with van der Waals surface area (Å²) in [6.45, 7) is 1.58. The molecule has 5 N–H and O–H groups in total. The molecule has 1 atom stereocenters. The van der Waals surface area contributed by atoms with E-state index in [2.05, 4.69) is 5.43 Å². The standard InChI is InChI=1S/C9H11N4O2/c1-9(11)7-5(3-2-4-6(7)10)8(14)13(15)12-9/h2-4H,10-11H2,1H3,(H,12,15)/q+1. The lowest BCUT2D eigenvalue weighted by Crippen LogP contribution is -2.57. The van der Waals surface area contributed by atoms with E-state index in [0.29, 0.717) is 11.3 Å². The van der Waals surface area contributed by atoms with Gasteiger partial charge in [0.1, 0.15) is 5.56 Å². The van der Waals surface area contributed by atoms with Crippen molar-refractivity contribution >= 4 is 11.6 Å². The minimum Gasteiger partial charge on any atom is -0.398 e. The highest BCUT2D eigenvalue weighted by Crippen LogP contribution is 2.29. The lowest BCUT2D eigenvalue weighted by molar-refractivity contribution is -0.535. The Labute approximate surface area is 85.8 Å². The van der Waals surface area contributed by atoms with Crippen LogP contribution in [0.25, 0.3) is 0 Å². The van der Waals surface area contributed by atoms with Crippen LogP contribution in [0.5, 0.6) is 0 Å². The van der Waals surface area contributed by atoms with Gasteiger partial charge in [0.25, 0.3) is 0 Å². The van der Waals surface area contributed by atoms with Crippen LogP contribution in [-0.4, -0.2) is 10.8 Å². The van der Waals surface area contributed by atoms with Crippen LogP contribution in [0.3, 0.4) is 0 Å². The maximum atomic E-state index is 11.5. The van der Waals surface area contributed by atoms with Gasteiger partial charge >= 0.3 is 5.91 Å². The molecule has 0 saturated carbocycles. The fraction of sp³-hybridized carbons (Fsp3) is 0.222. The molecule has 1 aliphatic rings. The number of hydrazine groups is 1. The molecule has 0 aliphatic carbocycles. The van der Waals surface area contributed by atoms with Crippen molar-refractivity contribution in [2.45, 2.75) is 12.6 Å². The Morgan fingerprint density at radius 3 is 2.80 bits per heavy atom. The molecule has 15 heavy (non-hydrogen) atoms. The lowest BCUT2D eigenvalue weighted by Gasteiger charge is -2.27. The number of carbonyl (C=O) groups excluding carboxylic acids is 1. The van der Waals surface area contributed by atoms with E-state index in [1.54, 1.807) is 19.1 Å². The Balaban J connectivity index is 2.75. The maximum Gasteiger partial charge on any atom is 0.498 e. The molecule has 0 saturated heterocycles. The number of nitrogens with zero attached hydrogens (tertiary/aromatic N) is 1. The average Bonchev–Trinajstić information content (AvgIpc) is 2.13. The van der Waals surface area contributed by atoms with Crippen LogP contribution in [0.2, 0.25) is 0 Å². The summed E-state index contributed by atoms with van der Waals surface area (Å²) >= 11 is 0. The van der Waals surface area contributed by atoms with Gasteiger partial charge in [-0.15, -0.1) is 5.43 Å². The molecule has 0 aromatic heterocycles. The van der Waals surface area contributed by atoms with E-state index in [-0.39, 0.29) is 10.4 Å². The average molecular weight is 207 g/mol. The SMILES string of the molecule is CC1(N)N[N+](=O)C(=O)c2cccc(N)c21. The van der Waals surface area contributed by atoms with Crippen LogP contribution in [0, 0.1) is 4.91 Å². The normalized spacial score (nSPS) is 24.7. The van der Waals surface area contributed by atoms with E-state index in [1.807, 2.05) is 0 Å². The van der Waals surface area contributed by atoms with E-state index in [1.165, 1.54) is 6.07 Å². The predicted molar refractivity (Wildman–Crippen MR) is 53.5 cm³/mol. The van der Waals surface area contributed by atoms with Gasteiger partial charge in [-0.25, -0.2) is 4.79 Å². The molecule has 0 bridgehead atoms. The first-order chi connectivity index (χ1) is 6.93. The van der Waals surface area contributed by atoms with Crippen LogP contribution in [-0.2, 0) is 5.66 Å². The number of rotatable bonds is 0. The largest absolute Gasteiger partial charge is 0.498 e. The van der Waals surface area contributed by atoms with Gasteiger partial charge in [-0.2, -0.15) is 0 Å². The molecule has 0 radical (unpaired) electrons. The zero-order valence-corrected chi connectivity index (χ0v) is 8.15. The van der Waals surface area contributed by atoms with Gasteiger partial charge < -0.3 is 11.5 Å². The molecule has 1 amide bonds. The number of amides is 1. The first-order valence-corrected chi connectivity index (χ1v) is 4.41. The van der Waals surface area contributed by atoms with Crippen LogP contribution >= 0.6 is 0 Å². The summed E-state index contributed by atoms with van der Waals surface area (Å²) in [5.74, 6) is -0.680. The summed E-state index contributed by atoms with van der Waals surface area (Å²) in [5, 5.41) is 0. The van der Waals surface area contributed by atoms with Gasteiger partial charge in [0, 0.05) is 11.3 Å². The fourth-order valence-electron chi connectivity index (χ4n) is 1.76. The van der Waals surface area contributed by atoms with Crippen LogP contribution in [0.15, 0.2) is 18.2 Å². The molecule has 0 spiro atoms. The van der Waals surface area contributed by atoms with Gasteiger partial charge in [-0.3, -0.25) is 0 Å². The Hall–Kier alpha value is -1.95. The number of anilines is 1. The predicted octanol–water partition coefficient (Wildman–Crippen LogP) is -0.163. The van der Waals surface area contributed by atoms with Gasteiger partial charge in [0.15, 0.2) is 5.66 Å². The van der Waals surface area contributed by atoms with Crippen molar-refractivity contribution in [2.24, 2.45) is 5.73 Å². The smallest absolute Gasteiger partial charge is 0.398 e. The first kappa shape index (κ1) is 9.60. The summed E-state index contributed by atoms with van der Waals surface area (Å²) < 4.78 is 0. The zero-order valence-electron chi connectivity index (χ0n) is 8.15. The summed E-state index contributed by atoms with van der Waals surface area (Å²) in [6, 6.07) is 4.78. The van der Waals surface area contributed by atoms with Crippen molar-refractivity contribution < 1.29 is 9.66 Å². The van der Waals surface area contributed by atoms with E-state index < -0.39 is 11.6 Å². The number of hydrogen-bond donors (Lipinski definition) is 3. The second kappa shape index (κ2) is 2.77. The van der Waals surface area contributed by atoms with Crippen molar-refractivity contribution in [1.82, 2.24) is 5.43 Å². The summed E-state index contributed by atoms with van der Waals surface area (Å²) in [6.07, 6.45) is 0. The van der Waals surface area contributed by atoms with Crippen LogP contribution < -0.4 is 16.9 Å². The molecule has 1 aromatic carbocycles. The Bertz CT molecular complexity index is 467. The molecule has 0 fully saturated rings. The first-order valence-electron chi connectivity index (χ1n) is 4.41. The third kappa shape index (κ3) is 1.26. The number of benzene rings is 1. The maximum absolute atomic E-state index is 11.5. The topological polar surface area (TPSA) is 101 Å². The molecule has 6 heteroatoms. The number of carbonyl (C=O) groups is 1. The van der Waals surface area contributed by atoms with Gasteiger partial charge in [-0.1, -0.05) is 6.07 Å². The molecular formula is C9H11N4O2+. The Morgan fingerprint density at radius 1 is 1.47 bits per heavy atom. The van der Waals surface area contributed by atoms with Crippen molar-refractivity contribution in [1.29, 1.82) is 0 Å². The fourth-order valence-corrected chi connectivity index (χ4v) is 1.76. The van der Waals surface area contributed by atoms with E-state index in [0.717, 1.165) is 0 Å². The third-order valence-corrected chi connectivity index (χ3v) is 2.36. The van der Waals surface area contributed by atoms with E-state index in [9.17, 15) is 9.70 Å². The number of nitrogen functional groups attached to an aromatic ring is 1. The molecular weight excluding hydrogens is 196 g/mol. The summed E-state index contributed by atoms with van der Waals surface area (Å²) in [5.41, 5.74) is 13.9. The minimum atomic E-state index is -1.13. The monoisotopic (exact) mass is 207 g/mol. The van der Waals surface area contributed by atoms with E-state index in [4.69, 9.17) is 11.5 Å². The highest BCUT2D eigenvalue weighted by Gasteiger charge is 2.45. The number of nitrogens with one attached hydrogen (secondary N) is 1. The highest BCUT2D eigenvalue weighted by atomic mass is 16.3. The number of nitrogens with two attached hydrogens (primary N) is 2. The highest BCUT2D eigenvalue weighted by molar-refractivity contribution is 5.92.